The maximum absolute atomic E-state index is 12.7. The fourth-order valence-electron chi connectivity index (χ4n) is 3.89. The van der Waals surface area contributed by atoms with Crippen molar-refractivity contribution in [2.24, 2.45) is 0 Å². The zero-order valence-corrected chi connectivity index (χ0v) is 18.5. The number of benzene rings is 1. The average molecular weight is 439 g/mol. The van der Waals surface area contributed by atoms with E-state index >= 15 is 0 Å². The van der Waals surface area contributed by atoms with Gasteiger partial charge in [0.25, 0.3) is 0 Å². The fourth-order valence-corrected chi connectivity index (χ4v) is 4.10. The normalized spacial score (nSPS) is 16.5. The number of halogens is 1. The quantitative estimate of drug-likeness (QED) is 0.554. The van der Waals surface area contributed by atoms with Gasteiger partial charge in [0.2, 0.25) is 5.91 Å². The number of carbonyl (C=O) groups excluding carboxylic acids is 1. The topological polar surface area (TPSA) is 60.2 Å². The van der Waals surface area contributed by atoms with Crippen LogP contribution in [0.25, 0.3) is 0 Å². The number of morpholine rings is 1. The number of hydrogen-bond donors (Lipinski definition) is 0. The van der Waals surface area contributed by atoms with Crippen molar-refractivity contribution < 1.29 is 9.53 Å². The van der Waals surface area contributed by atoms with Crippen molar-refractivity contribution in [2.75, 3.05) is 19.7 Å². The van der Waals surface area contributed by atoms with Gasteiger partial charge in [0.1, 0.15) is 11.9 Å². The highest BCUT2D eigenvalue weighted by Crippen LogP contribution is 2.22. The van der Waals surface area contributed by atoms with Crippen molar-refractivity contribution in [3.63, 3.8) is 0 Å². The third-order valence-corrected chi connectivity index (χ3v) is 5.80. The average Bonchev–Trinajstić information content (AvgIpc) is 3.19. The molecule has 0 saturated carbocycles. The molecule has 6 nitrogen and oxygen atoms in total. The number of imidazole rings is 1. The van der Waals surface area contributed by atoms with Crippen LogP contribution in [0, 0.1) is 6.92 Å². The van der Waals surface area contributed by atoms with Gasteiger partial charge in [0, 0.05) is 49.0 Å². The number of rotatable bonds is 7. The van der Waals surface area contributed by atoms with E-state index in [1.165, 1.54) is 0 Å². The molecule has 1 aliphatic rings. The number of amides is 1. The van der Waals surface area contributed by atoms with Crippen LogP contribution in [0.5, 0.6) is 0 Å². The van der Waals surface area contributed by atoms with Crippen LogP contribution in [-0.4, -0.2) is 45.0 Å². The molecule has 0 bridgehead atoms. The summed E-state index contributed by atoms with van der Waals surface area (Å²) < 4.78 is 8.03. The Hall–Kier alpha value is -2.70. The van der Waals surface area contributed by atoms with Gasteiger partial charge in [-0.05, 0) is 43.2 Å². The van der Waals surface area contributed by atoms with Crippen LogP contribution in [0.15, 0.2) is 54.9 Å². The zero-order valence-electron chi connectivity index (χ0n) is 17.7. The van der Waals surface area contributed by atoms with Crippen LogP contribution in [0.1, 0.15) is 41.7 Å². The first kappa shape index (κ1) is 21.5. The predicted octanol–water partition coefficient (Wildman–Crippen LogP) is 4.21. The largest absolute Gasteiger partial charge is 0.368 e. The Morgan fingerprint density at radius 3 is 2.94 bits per heavy atom. The maximum atomic E-state index is 12.7. The lowest BCUT2D eigenvalue weighted by Gasteiger charge is -2.33. The molecule has 1 fully saturated rings. The van der Waals surface area contributed by atoms with Crippen molar-refractivity contribution in [1.82, 2.24) is 19.4 Å². The minimum absolute atomic E-state index is 0.168. The molecule has 1 aromatic carbocycles. The molecule has 1 aliphatic heterocycles. The molecule has 7 heteroatoms. The lowest BCUT2D eigenvalue weighted by molar-refractivity contribution is -0.139. The van der Waals surface area contributed by atoms with E-state index in [0.717, 1.165) is 40.8 Å². The third-order valence-electron chi connectivity index (χ3n) is 5.56. The Morgan fingerprint density at radius 2 is 2.13 bits per heavy atom. The molecule has 31 heavy (non-hydrogen) atoms. The molecular weight excluding hydrogens is 412 g/mol. The molecule has 2 aromatic heterocycles. The second-order valence-electron chi connectivity index (χ2n) is 7.83. The van der Waals surface area contributed by atoms with Gasteiger partial charge in [0.05, 0.1) is 18.8 Å². The standard InChI is InChI=1S/C24H27ClN4O2/c1-18-26-10-12-28(18)11-4-9-24(30)29-13-14-31-23(17-29)22-8-3-7-21(27-22)16-19-5-2-6-20(25)15-19/h2-3,5-8,10,12,15,23H,4,9,11,13-14,16-17H2,1H3. The molecule has 0 aliphatic carbocycles. The van der Waals surface area contributed by atoms with Crippen molar-refractivity contribution in [1.29, 1.82) is 0 Å². The summed E-state index contributed by atoms with van der Waals surface area (Å²) in [6, 6.07) is 13.8. The Morgan fingerprint density at radius 1 is 1.26 bits per heavy atom. The Bertz CT molecular complexity index is 1040. The van der Waals surface area contributed by atoms with Crippen molar-refractivity contribution in [3.05, 3.63) is 82.7 Å². The molecule has 1 saturated heterocycles. The van der Waals surface area contributed by atoms with Crippen molar-refractivity contribution >= 4 is 17.5 Å². The lowest BCUT2D eigenvalue weighted by atomic mass is 10.1. The number of hydrogen-bond acceptors (Lipinski definition) is 4. The van der Waals surface area contributed by atoms with Crippen molar-refractivity contribution in [3.8, 4) is 0 Å². The van der Waals surface area contributed by atoms with Crippen molar-refractivity contribution in [2.45, 2.75) is 38.8 Å². The van der Waals surface area contributed by atoms with E-state index in [1.54, 1.807) is 6.20 Å². The van der Waals surface area contributed by atoms with Crippen LogP contribution >= 0.6 is 11.6 Å². The second-order valence-corrected chi connectivity index (χ2v) is 8.27. The summed E-state index contributed by atoms with van der Waals surface area (Å²) >= 11 is 6.10. The summed E-state index contributed by atoms with van der Waals surface area (Å²) in [5, 5.41) is 0.724. The lowest BCUT2D eigenvalue weighted by Crippen LogP contribution is -2.42. The van der Waals surface area contributed by atoms with E-state index in [4.69, 9.17) is 21.3 Å². The first-order valence-corrected chi connectivity index (χ1v) is 11.0. The number of aromatic nitrogens is 3. The van der Waals surface area contributed by atoms with Gasteiger partial charge >= 0.3 is 0 Å². The molecule has 3 aromatic rings. The SMILES string of the molecule is Cc1nccn1CCCC(=O)N1CCOC(c2cccc(Cc3cccc(Cl)c3)n2)C1. The van der Waals surface area contributed by atoms with E-state index in [9.17, 15) is 4.79 Å². The van der Waals surface area contributed by atoms with Crippen LogP contribution in [-0.2, 0) is 22.5 Å². The van der Waals surface area contributed by atoms with E-state index in [-0.39, 0.29) is 12.0 Å². The summed E-state index contributed by atoms with van der Waals surface area (Å²) in [7, 11) is 0. The van der Waals surface area contributed by atoms with Crippen LogP contribution in [0.4, 0.5) is 0 Å². The van der Waals surface area contributed by atoms with Gasteiger partial charge in [-0.15, -0.1) is 0 Å². The van der Waals surface area contributed by atoms with E-state index in [1.807, 2.05) is 60.5 Å². The Balaban J connectivity index is 1.34. The number of nitrogens with zero attached hydrogens (tertiary/aromatic N) is 4. The first-order chi connectivity index (χ1) is 15.1. The van der Waals surface area contributed by atoms with Crippen LogP contribution in [0.3, 0.4) is 0 Å². The number of aryl methyl sites for hydroxylation is 2. The van der Waals surface area contributed by atoms with Gasteiger partial charge in [-0.3, -0.25) is 9.78 Å². The highest BCUT2D eigenvalue weighted by Gasteiger charge is 2.26. The van der Waals surface area contributed by atoms with Gasteiger partial charge in [-0.2, -0.15) is 0 Å². The molecule has 162 valence electrons. The first-order valence-electron chi connectivity index (χ1n) is 10.7. The van der Waals surface area contributed by atoms with Crippen LogP contribution < -0.4 is 0 Å². The highest BCUT2D eigenvalue weighted by molar-refractivity contribution is 6.30. The number of carbonyl (C=O) groups is 1. The summed E-state index contributed by atoms with van der Waals surface area (Å²) in [5.74, 6) is 1.14. The summed E-state index contributed by atoms with van der Waals surface area (Å²) in [5.41, 5.74) is 2.94. The highest BCUT2D eigenvalue weighted by atomic mass is 35.5. The number of ether oxygens (including phenoxy) is 1. The third kappa shape index (κ3) is 5.71. The van der Waals surface area contributed by atoms with Gasteiger partial charge in [-0.1, -0.05) is 29.8 Å². The monoisotopic (exact) mass is 438 g/mol. The Labute approximate surface area is 187 Å². The molecule has 3 heterocycles. The Kier molecular flexibility index (Phi) is 6.99. The molecule has 1 atom stereocenters. The maximum Gasteiger partial charge on any atom is 0.222 e. The smallest absolute Gasteiger partial charge is 0.222 e. The van der Waals surface area contributed by atoms with E-state index < -0.39 is 0 Å². The minimum Gasteiger partial charge on any atom is -0.368 e. The predicted molar refractivity (Wildman–Crippen MR) is 120 cm³/mol. The van der Waals surface area contributed by atoms with Crippen LogP contribution in [0.2, 0.25) is 5.02 Å². The fraction of sp³-hybridized carbons (Fsp3) is 0.375. The van der Waals surface area contributed by atoms with E-state index in [0.29, 0.717) is 32.5 Å². The molecule has 0 spiro atoms. The number of pyridine rings is 1. The summed E-state index contributed by atoms with van der Waals surface area (Å²) in [6.07, 6.45) is 5.56. The van der Waals surface area contributed by atoms with Gasteiger partial charge in [-0.25, -0.2) is 4.98 Å². The van der Waals surface area contributed by atoms with Gasteiger partial charge in [0.15, 0.2) is 0 Å². The summed E-state index contributed by atoms with van der Waals surface area (Å²) in [4.78, 5) is 23.7. The summed E-state index contributed by atoms with van der Waals surface area (Å²) in [6.45, 7) is 4.47. The second kappa shape index (κ2) is 10.1. The zero-order chi connectivity index (χ0) is 21.6. The van der Waals surface area contributed by atoms with Gasteiger partial charge < -0.3 is 14.2 Å². The molecule has 4 rings (SSSR count). The molecule has 0 radical (unpaired) electrons. The molecule has 1 amide bonds. The van der Waals surface area contributed by atoms with E-state index in [2.05, 4.69) is 9.55 Å². The molecule has 0 N–H and O–H groups in total. The molecule has 1 unspecified atom stereocenters. The minimum atomic E-state index is -0.201. The molecular formula is C24H27ClN4O2.